The normalized spacial score (nSPS) is 11.5. The van der Waals surface area contributed by atoms with E-state index in [0.29, 0.717) is 11.5 Å². The molecule has 2 aromatic rings. The van der Waals surface area contributed by atoms with E-state index in [-0.39, 0.29) is 0 Å². The van der Waals surface area contributed by atoms with E-state index in [4.69, 9.17) is 0 Å². The van der Waals surface area contributed by atoms with E-state index in [9.17, 15) is 9.90 Å². The van der Waals surface area contributed by atoms with E-state index >= 15 is 0 Å². The molecule has 0 atom stereocenters. The lowest BCUT2D eigenvalue weighted by Crippen LogP contribution is -2.06. The second kappa shape index (κ2) is 6.55. The Labute approximate surface area is 133 Å². The Morgan fingerprint density at radius 3 is 2.45 bits per heavy atom. The van der Waals surface area contributed by atoms with Crippen molar-refractivity contribution in [2.24, 2.45) is 0 Å². The first kappa shape index (κ1) is 16.6. The Morgan fingerprint density at radius 1 is 1.27 bits per heavy atom. The zero-order valence-corrected chi connectivity index (χ0v) is 14.4. The summed E-state index contributed by atoms with van der Waals surface area (Å²) in [4.78, 5) is 11.8. The number of nitrogens with zero attached hydrogens (tertiary/aromatic N) is 1. The predicted molar refractivity (Wildman–Crippen MR) is 92.0 cm³/mol. The fourth-order valence-corrected chi connectivity index (χ4v) is 3.24. The quantitative estimate of drug-likeness (QED) is 0.803. The molecular weight excluding hydrogens is 274 g/mol. The van der Waals surface area contributed by atoms with Crippen LogP contribution in [0.1, 0.15) is 73.6 Å². The second-order valence-electron chi connectivity index (χ2n) is 6.35. The Bertz CT molecular complexity index is 695. The molecule has 22 heavy (non-hydrogen) atoms. The van der Waals surface area contributed by atoms with Crippen LogP contribution in [0.15, 0.2) is 12.1 Å². The van der Waals surface area contributed by atoms with Gasteiger partial charge < -0.3 is 9.67 Å². The number of carboxylic acids is 1. The molecule has 1 N–H and O–H groups in total. The summed E-state index contributed by atoms with van der Waals surface area (Å²) in [6.45, 7) is 11.5. The van der Waals surface area contributed by atoms with Gasteiger partial charge in [0.2, 0.25) is 0 Å². The van der Waals surface area contributed by atoms with Gasteiger partial charge in [0.25, 0.3) is 0 Å². The number of rotatable bonds is 6. The van der Waals surface area contributed by atoms with Crippen molar-refractivity contribution in [1.82, 2.24) is 4.57 Å². The molecule has 0 aliphatic heterocycles. The van der Waals surface area contributed by atoms with Gasteiger partial charge in [-0.15, -0.1) is 0 Å². The minimum Gasteiger partial charge on any atom is -0.478 e. The largest absolute Gasteiger partial charge is 0.478 e. The fourth-order valence-electron chi connectivity index (χ4n) is 3.24. The van der Waals surface area contributed by atoms with Gasteiger partial charge in [0.15, 0.2) is 0 Å². The van der Waals surface area contributed by atoms with Crippen molar-refractivity contribution < 1.29 is 9.90 Å². The Kier molecular flexibility index (Phi) is 4.94. The highest BCUT2D eigenvalue weighted by Gasteiger charge is 2.20. The van der Waals surface area contributed by atoms with Crippen LogP contribution >= 0.6 is 0 Å². The molecule has 0 spiro atoms. The van der Waals surface area contributed by atoms with Crippen molar-refractivity contribution in [1.29, 1.82) is 0 Å². The van der Waals surface area contributed by atoms with E-state index in [2.05, 4.69) is 45.3 Å². The molecule has 0 fully saturated rings. The van der Waals surface area contributed by atoms with Gasteiger partial charge in [0.05, 0.1) is 11.1 Å². The molecule has 3 heteroatoms. The minimum atomic E-state index is -0.828. The molecule has 0 aliphatic carbocycles. The van der Waals surface area contributed by atoms with Crippen LogP contribution in [0.2, 0.25) is 0 Å². The molecule has 0 saturated carbocycles. The number of hydrogen-bond donors (Lipinski definition) is 1. The minimum absolute atomic E-state index is 0.325. The van der Waals surface area contributed by atoms with Gasteiger partial charge in [0.1, 0.15) is 0 Å². The first-order chi connectivity index (χ1) is 10.4. The molecule has 1 heterocycles. The third kappa shape index (κ3) is 2.77. The van der Waals surface area contributed by atoms with Crippen molar-refractivity contribution in [2.45, 2.75) is 66.3 Å². The lowest BCUT2D eigenvalue weighted by Gasteiger charge is -2.12. The highest BCUT2D eigenvalue weighted by atomic mass is 16.4. The molecule has 3 nitrogen and oxygen atoms in total. The summed E-state index contributed by atoms with van der Waals surface area (Å²) in [5.41, 5.74) is 4.96. The van der Waals surface area contributed by atoms with Crippen LogP contribution in [0.25, 0.3) is 10.9 Å². The van der Waals surface area contributed by atoms with Gasteiger partial charge in [0, 0.05) is 17.6 Å². The van der Waals surface area contributed by atoms with Crippen LogP contribution in [0.5, 0.6) is 0 Å². The van der Waals surface area contributed by atoms with Crippen LogP contribution in [0.4, 0.5) is 0 Å². The number of carbonyl (C=O) groups is 1. The van der Waals surface area contributed by atoms with E-state index in [1.54, 1.807) is 0 Å². The van der Waals surface area contributed by atoms with Gasteiger partial charge in [-0.3, -0.25) is 0 Å². The smallest absolute Gasteiger partial charge is 0.337 e. The van der Waals surface area contributed by atoms with Crippen molar-refractivity contribution >= 4 is 16.9 Å². The van der Waals surface area contributed by atoms with Gasteiger partial charge in [-0.2, -0.15) is 0 Å². The molecule has 0 amide bonds. The van der Waals surface area contributed by atoms with Crippen LogP contribution in [0.3, 0.4) is 0 Å². The number of carboxylic acid groups (broad SMARTS) is 1. The topological polar surface area (TPSA) is 42.2 Å². The number of fused-ring (bicyclic) bond motifs is 1. The molecule has 0 unspecified atom stereocenters. The lowest BCUT2D eigenvalue weighted by atomic mass is 9.96. The zero-order valence-electron chi connectivity index (χ0n) is 14.4. The number of unbranched alkanes of at least 4 members (excludes halogenated alkanes) is 1. The van der Waals surface area contributed by atoms with E-state index in [1.165, 1.54) is 11.3 Å². The van der Waals surface area contributed by atoms with Crippen LogP contribution in [-0.4, -0.2) is 15.6 Å². The standard InChI is InChI=1S/C19H27NO2/c1-6-8-9-20-13(5)15(7-2)16-10-14(12(3)4)11-17(18(16)20)19(21)22/h10-12H,6-9H2,1-5H3,(H,21,22). The van der Waals surface area contributed by atoms with Gasteiger partial charge in [-0.05, 0) is 48.9 Å². The molecule has 2 rings (SSSR count). The molecule has 0 radical (unpaired) electrons. The van der Waals surface area contributed by atoms with E-state index in [1.807, 2.05) is 6.07 Å². The fraction of sp³-hybridized carbons (Fsp3) is 0.526. The number of aryl methyl sites for hydroxylation is 2. The Morgan fingerprint density at radius 2 is 1.95 bits per heavy atom. The van der Waals surface area contributed by atoms with E-state index in [0.717, 1.165) is 42.3 Å². The average Bonchev–Trinajstić information content (AvgIpc) is 2.74. The highest BCUT2D eigenvalue weighted by molar-refractivity contribution is 6.04. The van der Waals surface area contributed by atoms with Gasteiger partial charge in [-0.1, -0.05) is 34.1 Å². The summed E-state index contributed by atoms with van der Waals surface area (Å²) in [6, 6.07) is 4.05. The lowest BCUT2D eigenvalue weighted by molar-refractivity contribution is 0.0698. The van der Waals surface area contributed by atoms with Crippen molar-refractivity contribution in [3.63, 3.8) is 0 Å². The van der Waals surface area contributed by atoms with E-state index < -0.39 is 5.97 Å². The number of hydrogen-bond acceptors (Lipinski definition) is 1. The molecule has 1 aromatic carbocycles. The number of aromatic carboxylic acids is 1. The first-order valence-corrected chi connectivity index (χ1v) is 8.31. The molecular formula is C19H27NO2. The van der Waals surface area contributed by atoms with Crippen LogP contribution in [0, 0.1) is 6.92 Å². The SMILES string of the molecule is CCCCn1c(C)c(CC)c2cc(C(C)C)cc(C(=O)O)c21. The van der Waals surface area contributed by atoms with Crippen LogP contribution in [-0.2, 0) is 13.0 Å². The molecule has 1 aromatic heterocycles. The Balaban J connectivity index is 2.85. The summed E-state index contributed by atoms with van der Waals surface area (Å²) in [7, 11) is 0. The maximum atomic E-state index is 11.8. The zero-order chi connectivity index (χ0) is 16.4. The first-order valence-electron chi connectivity index (χ1n) is 8.31. The molecule has 0 aliphatic rings. The van der Waals surface area contributed by atoms with Crippen molar-refractivity contribution in [2.75, 3.05) is 0 Å². The number of benzene rings is 1. The third-order valence-corrected chi connectivity index (χ3v) is 4.55. The van der Waals surface area contributed by atoms with Crippen molar-refractivity contribution in [3.8, 4) is 0 Å². The summed E-state index contributed by atoms with van der Waals surface area (Å²) >= 11 is 0. The maximum absolute atomic E-state index is 11.8. The summed E-state index contributed by atoms with van der Waals surface area (Å²) < 4.78 is 2.21. The molecule has 0 bridgehead atoms. The highest BCUT2D eigenvalue weighted by Crippen LogP contribution is 2.33. The van der Waals surface area contributed by atoms with Gasteiger partial charge in [-0.25, -0.2) is 4.79 Å². The van der Waals surface area contributed by atoms with Crippen LogP contribution < -0.4 is 0 Å². The monoisotopic (exact) mass is 301 g/mol. The predicted octanol–water partition coefficient (Wildman–Crippen LogP) is 5.13. The Hall–Kier alpha value is -1.77. The molecule has 0 saturated heterocycles. The summed E-state index contributed by atoms with van der Waals surface area (Å²) in [5.74, 6) is -0.503. The van der Waals surface area contributed by atoms with Gasteiger partial charge >= 0.3 is 5.97 Å². The summed E-state index contributed by atoms with van der Waals surface area (Å²) in [5, 5.41) is 10.8. The summed E-state index contributed by atoms with van der Waals surface area (Å²) in [6.07, 6.45) is 3.11. The molecule has 120 valence electrons. The second-order valence-corrected chi connectivity index (χ2v) is 6.35. The van der Waals surface area contributed by atoms with Crippen molar-refractivity contribution in [3.05, 3.63) is 34.5 Å². The third-order valence-electron chi connectivity index (χ3n) is 4.55. The average molecular weight is 301 g/mol. The maximum Gasteiger partial charge on any atom is 0.337 e. The number of aromatic nitrogens is 1.